The van der Waals surface area contributed by atoms with Crippen LogP contribution in [0.15, 0.2) is 50.8 Å². The molecule has 29 heavy (non-hydrogen) atoms. The van der Waals surface area contributed by atoms with Crippen LogP contribution in [0.1, 0.15) is 32.2 Å². The van der Waals surface area contributed by atoms with Crippen LogP contribution in [0.25, 0.3) is 10.9 Å². The molecule has 0 aliphatic rings. The minimum atomic E-state index is -0.362. The highest BCUT2D eigenvalue weighted by molar-refractivity contribution is 14.1. The van der Waals surface area contributed by atoms with Gasteiger partial charge in [0.25, 0.3) is 5.56 Å². The van der Waals surface area contributed by atoms with Crippen LogP contribution in [-0.4, -0.2) is 22.5 Å². The molecule has 0 fully saturated rings. The van der Waals surface area contributed by atoms with Gasteiger partial charge in [0.05, 0.1) is 20.7 Å². The third kappa shape index (κ3) is 4.87. The lowest BCUT2D eigenvalue weighted by atomic mass is 9.95. The first-order valence-corrected chi connectivity index (χ1v) is 10.7. The summed E-state index contributed by atoms with van der Waals surface area (Å²) in [5.41, 5.74) is 0.919. The minimum absolute atomic E-state index is 0.207. The second-order valence-electron chi connectivity index (χ2n) is 7.39. The van der Waals surface area contributed by atoms with Crippen LogP contribution in [0.3, 0.4) is 0 Å². The van der Waals surface area contributed by atoms with Crippen molar-refractivity contribution in [3.8, 4) is 18.1 Å². The van der Waals surface area contributed by atoms with Gasteiger partial charge in [0.2, 0.25) is 0 Å². The lowest BCUT2D eigenvalue weighted by Crippen LogP contribution is -2.29. The molecule has 0 saturated heterocycles. The summed E-state index contributed by atoms with van der Waals surface area (Å²) in [7, 11) is 0. The summed E-state index contributed by atoms with van der Waals surface area (Å²) in [5, 5.41) is 4.99. The number of halogens is 2. The number of ether oxygens (including phenoxy) is 1. The summed E-state index contributed by atoms with van der Waals surface area (Å²) in [6, 6.07) is 11.1. The van der Waals surface area contributed by atoms with E-state index in [0.29, 0.717) is 22.5 Å². The number of benzene rings is 2. The van der Waals surface area contributed by atoms with E-state index in [2.05, 4.69) is 49.5 Å². The topological polar surface area (TPSA) is 56.5 Å². The summed E-state index contributed by atoms with van der Waals surface area (Å²) in [4.78, 5) is 17.9. The Morgan fingerprint density at radius 2 is 2.07 bits per heavy atom. The lowest BCUT2D eigenvalue weighted by molar-refractivity contribution is 0.368. The quantitative estimate of drug-likeness (QED) is 0.256. The van der Waals surface area contributed by atoms with Crippen molar-refractivity contribution >= 4 is 55.6 Å². The van der Waals surface area contributed by atoms with Crippen LogP contribution in [0.2, 0.25) is 0 Å². The van der Waals surface area contributed by atoms with Gasteiger partial charge in [0.15, 0.2) is 0 Å². The molecule has 0 aliphatic heterocycles. The molecule has 0 spiro atoms. The first kappa shape index (κ1) is 21.5. The average molecular weight is 564 g/mol. The highest BCUT2D eigenvalue weighted by atomic mass is 127. The molecular weight excluding hydrogens is 545 g/mol. The third-order valence-electron chi connectivity index (χ3n) is 4.07. The van der Waals surface area contributed by atoms with Crippen LogP contribution in [0, 0.1) is 15.9 Å². The van der Waals surface area contributed by atoms with Gasteiger partial charge in [-0.05, 0) is 64.6 Å². The Hall–Kier alpha value is -2.18. The molecule has 3 rings (SSSR count). The van der Waals surface area contributed by atoms with Crippen molar-refractivity contribution in [3.05, 3.63) is 66.2 Å². The van der Waals surface area contributed by atoms with Crippen molar-refractivity contribution in [3.63, 3.8) is 0 Å². The van der Waals surface area contributed by atoms with Crippen molar-refractivity contribution in [2.24, 2.45) is 5.10 Å². The van der Waals surface area contributed by atoms with E-state index in [9.17, 15) is 4.79 Å². The molecule has 2 aromatic carbocycles. The van der Waals surface area contributed by atoms with Crippen molar-refractivity contribution in [2.45, 2.75) is 26.2 Å². The third-order valence-corrected chi connectivity index (χ3v) is 5.40. The molecule has 0 bridgehead atoms. The number of hydrogen-bond acceptors (Lipinski definition) is 4. The fraction of sp³-hybridized carbons (Fsp3) is 0.227. The van der Waals surface area contributed by atoms with Crippen LogP contribution >= 0.6 is 38.5 Å². The summed E-state index contributed by atoms with van der Waals surface area (Å²) < 4.78 is 8.60. The average Bonchev–Trinajstić information content (AvgIpc) is 2.66. The molecule has 0 amide bonds. The van der Waals surface area contributed by atoms with Gasteiger partial charge in [0.1, 0.15) is 18.2 Å². The Bertz CT molecular complexity index is 1200. The zero-order valence-electron chi connectivity index (χ0n) is 16.2. The van der Waals surface area contributed by atoms with Crippen LogP contribution in [-0.2, 0) is 5.41 Å². The number of fused-ring (bicyclic) bond motifs is 1. The molecule has 7 heteroatoms. The molecule has 0 N–H and O–H groups in total. The van der Waals surface area contributed by atoms with E-state index >= 15 is 0 Å². The highest BCUT2D eigenvalue weighted by Gasteiger charge is 2.22. The maximum absolute atomic E-state index is 13.2. The molecule has 0 unspecified atom stereocenters. The van der Waals surface area contributed by atoms with E-state index in [1.165, 1.54) is 4.68 Å². The Labute approximate surface area is 191 Å². The van der Waals surface area contributed by atoms with Gasteiger partial charge in [-0.2, -0.15) is 9.78 Å². The molecule has 1 aromatic heterocycles. The number of terminal acetylenes is 1. The fourth-order valence-electron chi connectivity index (χ4n) is 2.70. The zero-order valence-corrected chi connectivity index (χ0v) is 20.0. The van der Waals surface area contributed by atoms with Gasteiger partial charge in [0, 0.05) is 9.89 Å². The van der Waals surface area contributed by atoms with E-state index in [1.54, 1.807) is 12.3 Å². The number of aromatic nitrogens is 2. The monoisotopic (exact) mass is 563 g/mol. The number of hydrogen-bond donors (Lipinski definition) is 0. The predicted octanol–water partition coefficient (Wildman–Crippen LogP) is 4.96. The molecule has 1 heterocycles. The molecule has 5 nitrogen and oxygen atoms in total. The normalized spacial score (nSPS) is 11.7. The van der Waals surface area contributed by atoms with Gasteiger partial charge in [-0.3, -0.25) is 4.79 Å². The van der Waals surface area contributed by atoms with Gasteiger partial charge >= 0.3 is 0 Å². The molecule has 0 saturated carbocycles. The van der Waals surface area contributed by atoms with Gasteiger partial charge in [-0.25, -0.2) is 4.98 Å². The first-order chi connectivity index (χ1) is 13.7. The van der Waals surface area contributed by atoms with E-state index in [1.807, 2.05) is 51.1 Å². The predicted molar refractivity (Wildman–Crippen MR) is 129 cm³/mol. The SMILES string of the molecule is C#CCOc1ccc(C=Nn2c(C(C)(C)C)nc3ccc(Br)cc3c2=O)cc1I. The molecular formula is C22H19BrIN3O2. The second kappa shape index (κ2) is 8.67. The second-order valence-corrected chi connectivity index (χ2v) is 9.47. The highest BCUT2D eigenvalue weighted by Crippen LogP contribution is 2.24. The van der Waals surface area contributed by atoms with Crippen molar-refractivity contribution in [2.75, 3.05) is 6.61 Å². The fourth-order valence-corrected chi connectivity index (χ4v) is 3.76. The summed E-state index contributed by atoms with van der Waals surface area (Å²) in [6.45, 7) is 6.23. The van der Waals surface area contributed by atoms with E-state index in [4.69, 9.17) is 16.1 Å². The van der Waals surface area contributed by atoms with Gasteiger partial charge < -0.3 is 4.74 Å². The smallest absolute Gasteiger partial charge is 0.282 e. The molecule has 148 valence electrons. The van der Waals surface area contributed by atoms with Gasteiger partial charge in [-0.15, -0.1) is 6.42 Å². The van der Waals surface area contributed by atoms with Crippen LogP contribution in [0.4, 0.5) is 0 Å². The Kier molecular flexibility index (Phi) is 6.44. The number of nitrogens with zero attached hydrogens (tertiary/aromatic N) is 3. The van der Waals surface area contributed by atoms with E-state index in [-0.39, 0.29) is 17.6 Å². The Morgan fingerprint density at radius 3 is 2.72 bits per heavy atom. The maximum atomic E-state index is 13.2. The minimum Gasteiger partial charge on any atom is -0.480 e. The molecule has 0 atom stereocenters. The standard InChI is InChI=1S/C22H19BrIN3O2/c1-5-10-29-19-9-6-14(11-17(19)24)13-25-27-20(28)16-12-15(23)7-8-18(16)26-21(27)22(2,3)4/h1,6-9,11-13H,10H2,2-4H3. The van der Waals surface area contributed by atoms with Crippen molar-refractivity contribution in [1.29, 1.82) is 0 Å². The Balaban J connectivity index is 2.09. The summed E-state index contributed by atoms with van der Waals surface area (Å²) >= 11 is 5.60. The lowest BCUT2D eigenvalue weighted by Gasteiger charge is -2.20. The Morgan fingerprint density at radius 1 is 1.31 bits per heavy atom. The van der Waals surface area contributed by atoms with E-state index < -0.39 is 0 Å². The first-order valence-electron chi connectivity index (χ1n) is 8.83. The van der Waals surface area contributed by atoms with Crippen LogP contribution in [0.5, 0.6) is 5.75 Å². The number of rotatable bonds is 4. The van der Waals surface area contributed by atoms with E-state index in [0.717, 1.165) is 13.6 Å². The molecule has 3 aromatic rings. The maximum Gasteiger partial charge on any atom is 0.282 e. The van der Waals surface area contributed by atoms with Crippen molar-refractivity contribution < 1.29 is 4.74 Å². The molecule has 0 radical (unpaired) electrons. The summed E-state index contributed by atoms with van der Waals surface area (Å²) in [5.74, 6) is 3.76. The zero-order chi connectivity index (χ0) is 21.2. The van der Waals surface area contributed by atoms with Crippen LogP contribution < -0.4 is 10.3 Å². The largest absolute Gasteiger partial charge is 0.480 e. The van der Waals surface area contributed by atoms with Gasteiger partial charge in [-0.1, -0.05) is 42.6 Å². The summed E-state index contributed by atoms with van der Waals surface area (Å²) in [6.07, 6.45) is 6.89. The van der Waals surface area contributed by atoms with Crippen molar-refractivity contribution in [1.82, 2.24) is 9.66 Å². The molecule has 0 aliphatic carbocycles.